The Morgan fingerprint density at radius 1 is 0.391 bits per heavy atom. The number of oxazole rings is 2. The van der Waals surface area contributed by atoms with Crippen molar-refractivity contribution in [2.24, 2.45) is 0 Å². The van der Waals surface area contributed by atoms with Crippen LogP contribution in [0.4, 0.5) is 34.1 Å². The zero-order valence-electron chi connectivity index (χ0n) is 38.4. The second kappa shape index (κ2) is 19.1. The van der Waals surface area contributed by atoms with Crippen LogP contribution in [0.3, 0.4) is 0 Å². The first-order valence-electron chi connectivity index (χ1n) is 23.4. The van der Waals surface area contributed by atoms with Gasteiger partial charge in [0.2, 0.25) is 11.8 Å². The van der Waals surface area contributed by atoms with Crippen molar-refractivity contribution in [3.05, 3.63) is 248 Å². The number of allylic oxidation sites excluding steroid dienone is 4. The van der Waals surface area contributed by atoms with Crippen LogP contribution < -0.4 is 9.80 Å². The Morgan fingerprint density at radius 2 is 0.725 bits per heavy atom. The van der Waals surface area contributed by atoms with E-state index in [9.17, 15) is 0 Å². The molecule has 0 atom stereocenters. The third kappa shape index (κ3) is 8.87. The van der Waals surface area contributed by atoms with Gasteiger partial charge in [0.1, 0.15) is 11.0 Å². The number of aromatic nitrogens is 2. The van der Waals surface area contributed by atoms with Crippen molar-refractivity contribution >= 4 is 61.9 Å². The fraction of sp³-hybridized carbons (Fsp3) is 0.0476. The van der Waals surface area contributed by atoms with Crippen LogP contribution >= 0.6 is 0 Å². The van der Waals surface area contributed by atoms with Gasteiger partial charge in [0.25, 0.3) is 0 Å². The van der Waals surface area contributed by atoms with Gasteiger partial charge in [-0.1, -0.05) is 128 Å². The molecule has 11 aromatic rings. The van der Waals surface area contributed by atoms with Gasteiger partial charge in [0.15, 0.2) is 11.2 Å². The van der Waals surface area contributed by atoms with Crippen molar-refractivity contribution in [2.75, 3.05) is 9.80 Å². The highest BCUT2D eigenvalue weighted by Crippen LogP contribution is 2.40. The summed E-state index contributed by atoms with van der Waals surface area (Å²) < 4.78 is 12.2. The zero-order chi connectivity index (χ0) is 46.5. The van der Waals surface area contributed by atoms with Crippen LogP contribution in [0, 0.1) is 0 Å². The van der Waals surface area contributed by atoms with Crippen molar-refractivity contribution in [3.63, 3.8) is 0 Å². The van der Waals surface area contributed by atoms with E-state index < -0.39 is 0 Å². The molecule has 2 heterocycles. The number of benzene rings is 9. The van der Waals surface area contributed by atoms with Crippen LogP contribution in [-0.4, -0.2) is 9.97 Å². The molecule has 0 aliphatic heterocycles. The molecule has 0 radical (unpaired) electrons. The van der Waals surface area contributed by atoms with Crippen LogP contribution in [0.25, 0.3) is 72.9 Å². The maximum Gasteiger partial charge on any atom is 0.227 e. The summed E-state index contributed by atoms with van der Waals surface area (Å²) in [6, 6.07) is 78.3. The lowest BCUT2D eigenvalue weighted by Crippen LogP contribution is -2.10. The molecule has 0 saturated carbocycles. The van der Waals surface area contributed by atoms with E-state index in [-0.39, 0.29) is 0 Å². The molecular formula is C63H48N4O2. The van der Waals surface area contributed by atoms with Crippen LogP contribution in [0.5, 0.6) is 0 Å². The molecule has 0 aliphatic carbocycles. The van der Waals surface area contributed by atoms with Crippen LogP contribution in [0.2, 0.25) is 0 Å². The lowest BCUT2D eigenvalue weighted by atomic mass is 10.0. The van der Waals surface area contributed by atoms with Crippen molar-refractivity contribution in [1.82, 2.24) is 9.97 Å². The minimum Gasteiger partial charge on any atom is -0.436 e. The summed E-state index contributed by atoms with van der Waals surface area (Å²) >= 11 is 0. The summed E-state index contributed by atoms with van der Waals surface area (Å²) in [5, 5.41) is 0. The highest BCUT2D eigenvalue weighted by atomic mass is 16.4. The van der Waals surface area contributed by atoms with Crippen molar-refractivity contribution in [3.8, 4) is 45.2 Å². The Morgan fingerprint density at radius 3 is 1.09 bits per heavy atom. The zero-order valence-corrected chi connectivity index (χ0v) is 38.4. The van der Waals surface area contributed by atoms with E-state index in [4.69, 9.17) is 18.8 Å². The molecule has 0 aliphatic rings. The molecule has 6 nitrogen and oxygen atoms in total. The summed E-state index contributed by atoms with van der Waals surface area (Å²) in [6.45, 7) is 4.23. The highest BCUT2D eigenvalue weighted by molar-refractivity contribution is 5.85. The molecule has 2 aromatic heterocycles. The van der Waals surface area contributed by atoms with Crippen LogP contribution in [0.15, 0.2) is 252 Å². The summed E-state index contributed by atoms with van der Waals surface area (Å²) in [4.78, 5) is 14.1. The van der Waals surface area contributed by atoms with E-state index in [0.29, 0.717) is 11.8 Å². The largest absolute Gasteiger partial charge is 0.436 e. The third-order valence-corrected chi connectivity index (χ3v) is 12.4. The molecular weight excluding hydrogens is 845 g/mol. The fourth-order valence-corrected chi connectivity index (χ4v) is 8.92. The summed E-state index contributed by atoms with van der Waals surface area (Å²) in [5.41, 5.74) is 18.3. The van der Waals surface area contributed by atoms with Crippen molar-refractivity contribution in [2.45, 2.75) is 20.3 Å². The standard InChI is InChI=1S/C63H48N4O2/c1-3-12-44(13-4-2)46-20-32-52(33-21-46)66(56-40-28-50(29-41-56)62-64-58-16-8-10-18-60(58)68-62)54-36-24-48(25-37-54)49-26-38-55(39-27-49)67(53-34-22-47(23-35-53)45-14-6-5-7-15-45)57-42-30-51(31-43-57)63-65-59-17-9-11-19-61(59)69-63/h3,5-43H,4H2,1-2H3/b12-3-,44-13+. The molecule has 0 amide bonds. The molecule has 0 spiro atoms. The summed E-state index contributed by atoms with van der Waals surface area (Å²) in [7, 11) is 0. The van der Waals surface area contributed by atoms with E-state index in [2.05, 4.69) is 212 Å². The van der Waals surface area contributed by atoms with Crippen LogP contribution in [0.1, 0.15) is 25.8 Å². The molecule has 0 unspecified atom stereocenters. The average Bonchev–Trinajstić information content (AvgIpc) is 4.06. The van der Waals surface area contributed by atoms with Gasteiger partial charge in [0.05, 0.1) is 0 Å². The van der Waals surface area contributed by atoms with Gasteiger partial charge in [-0.25, -0.2) is 9.97 Å². The number of fused-ring (bicyclic) bond motifs is 2. The maximum absolute atomic E-state index is 6.12. The number of hydrogen-bond donors (Lipinski definition) is 0. The normalized spacial score (nSPS) is 11.7. The fourth-order valence-electron chi connectivity index (χ4n) is 8.92. The van der Waals surface area contributed by atoms with E-state index in [0.717, 1.165) is 85.0 Å². The molecule has 69 heavy (non-hydrogen) atoms. The van der Waals surface area contributed by atoms with Gasteiger partial charge in [-0.05, 0) is 168 Å². The maximum atomic E-state index is 6.12. The molecule has 332 valence electrons. The Hall–Kier alpha value is -9.00. The predicted octanol–water partition coefficient (Wildman–Crippen LogP) is 17.9. The minimum atomic E-state index is 0.603. The van der Waals surface area contributed by atoms with Gasteiger partial charge in [-0.15, -0.1) is 0 Å². The Bertz CT molecular complexity index is 3490. The molecule has 0 fully saturated rings. The molecule has 11 rings (SSSR count). The third-order valence-electron chi connectivity index (χ3n) is 12.4. The van der Waals surface area contributed by atoms with Gasteiger partial charge in [-0.2, -0.15) is 0 Å². The van der Waals surface area contributed by atoms with E-state index >= 15 is 0 Å². The van der Waals surface area contributed by atoms with Gasteiger partial charge in [0, 0.05) is 45.3 Å². The van der Waals surface area contributed by atoms with Gasteiger partial charge in [-0.3, -0.25) is 0 Å². The quantitative estimate of drug-likeness (QED) is 0.108. The smallest absolute Gasteiger partial charge is 0.227 e. The Kier molecular flexibility index (Phi) is 11.8. The minimum absolute atomic E-state index is 0.603. The molecule has 0 N–H and O–H groups in total. The van der Waals surface area contributed by atoms with Crippen molar-refractivity contribution in [1.29, 1.82) is 0 Å². The predicted molar refractivity (Wildman–Crippen MR) is 286 cm³/mol. The highest BCUT2D eigenvalue weighted by Gasteiger charge is 2.18. The SMILES string of the molecule is C/C=C\C(=C/CC)c1ccc(N(c2ccc(-c3ccc(N(c4ccc(-c5ccccc5)cc4)c4ccc(-c5nc6ccccc6o5)cc4)cc3)cc2)c2ccc(-c3nc4ccccc4o3)cc2)cc1. The average molecular weight is 893 g/mol. The molecule has 9 aromatic carbocycles. The van der Waals surface area contributed by atoms with Gasteiger partial charge >= 0.3 is 0 Å². The van der Waals surface area contributed by atoms with E-state index in [1.54, 1.807) is 0 Å². The number of para-hydroxylation sites is 4. The van der Waals surface area contributed by atoms with Gasteiger partial charge < -0.3 is 18.6 Å². The first kappa shape index (κ1) is 42.6. The lowest BCUT2D eigenvalue weighted by molar-refractivity contribution is 0.619. The second-order valence-corrected chi connectivity index (χ2v) is 16.9. The second-order valence-electron chi connectivity index (χ2n) is 16.9. The number of nitrogens with zero attached hydrogens (tertiary/aromatic N) is 4. The number of anilines is 6. The molecule has 0 saturated heterocycles. The topological polar surface area (TPSA) is 58.5 Å². The monoisotopic (exact) mass is 892 g/mol. The van der Waals surface area contributed by atoms with Crippen molar-refractivity contribution < 1.29 is 8.83 Å². The molecule has 0 bridgehead atoms. The molecule has 6 heteroatoms. The number of rotatable bonds is 13. The summed E-state index contributed by atoms with van der Waals surface area (Å²) in [6.07, 6.45) is 7.50. The first-order chi connectivity index (χ1) is 34.1. The summed E-state index contributed by atoms with van der Waals surface area (Å²) in [5.74, 6) is 1.21. The number of hydrogen-bond acceptors (Lipinski definition) is 6. The lowest BCUT2D eigenvalue weighted by Gasteiger charge is -2.26. The first-order valence-corrected chi connectivity index (χ1v) is 23.4. The van der Waals surface area contributed by atoms with Crippen LogP contribution in [-0.2, 0) is 0 Å². The Balaban J connectivity index is 0.907. The van der Waals surface area contributed by atoms with E-state index in [1.807, 2.05) is 54.6 Å². The van der Waals surface area contributed by atoms with E-state index in [1.165, 1.54) is 22.3 Å². The Labute approximate surface area is 402 Å².